The number of aryl methyl sites for hydroxylation is 1. The van der Waals surface area contributed by atoms with Crippen molar-refractivity contribution in [1.29, 1.82) is 5.26 Å². The Labute approximate surface area is 65.7 Å². The van der Waals surface area contributed by atoms with Crippen molar-refractivity contribution in [3.8, 4) is 6.07 Å². The summed E-state index contributed by atoms with van der Waals surface area (Å²) in [5.74, 6) is 0. The van der Waals surface area contributed by atoms with Gasteiger partial charge in [-0.05, 0) is 18.6 Å². The minimum Gasteiger partial charge on any atom is -0.231 e. The maximum Gasteiger partial charge on any atom is 0.109 e. The summed E-state index contributed by atoms with van der Waals surface area (Å²) in [7, 11) is 0. The van der Waals surface area contributed by atoms with Crippen LogP contribution in [0.3, 0.4) is 0 Å². The van der Waals surface area contributed by atoms with Gasteiger partial charge in [0.2, 0.25) is 0 Å². The van der Waals surface area contributed by atoms with Gasteiger partial charge < -0.3 is 0 Å². The highest BCUT2D eigenvalue weighted by Gasteiger charge is 2.02. The van der Waals surface area contributed by atoms with Crippen LogP contribution < -0.4 is 0 Å². The largest absolute Gasteiger partial charge is 0.231 e. The molecule has 0 aromatic heterocycles. The van der Waals surface area contributed by atoms with E-state index in [1.807, 2.05) is 19.1 Å². The molecule has 0 aliphatic carbocycles. The zero-order valence-electron chi connectivity index (χ0n) is 6.29. The van der Waals surface area contributed by atoms with Crippen molar-refractivity contribution in [1.82, 2.24) is 0 Å². The average Bonchev–Trinajstić information content (AvgIpc) is 2.04. The Morgan fingerprint density at radius 3 is 2.73 bits per heavy atom. The van der Waals surface area contributed by atoms with Crippen LogP contribution in [0.4, 0.5) is 0 Å². The van der Waals surface area contributed by atoms with Gasteiger partial charge in [-0.1, -0.05) is 12.1 Å². The molecule has 0 unspecified atom stereocenters. The van der Waals surface area contributed by atoms with Gasteiger partial charge in [0.1, 0.15) is 6.61 Å². The first-order valence-electron chi connectivity index (χ1n) is 3.36. The highest BCUT2D eigenvalue weighted by Crippen LogP contribution is 2.12. The van der Waals surface area contributed by atoms with E-state index in [0.717, 1.165) is 5.56 Å². The van der Waals surface area contributed by atoms with Crippen LogP contribution >= 0.6 is 0 Å². The van der Waals surface area contributed by atoms with Crippen molar-refractivity contribution < 1.29 is 5.11 Å². The molecule has 55 valence electrons. The number of hydrogen-bond acceptors (Lipinski definition) is 1. The maximum atomic E-state index is 10.6. The second-order valence-corrected chi connectivity index (χ2v) is 2.36. The molecule has 0 saturated carbocycles. The Hall–Kier alpha value is -1.33. The molecule has 0 N–H and O–H groups in total. The van der Waals surface area contributed by atoms with Crippen LogP contribution in [0.2, 0.25) is 0 Å². The molecule has 0 heterocycles. The molecule has 0 fully saturated rings. The summed E-state index contributed by atoms with van der Waals surface area (Å²) in [4.78, 5) is 0. The molecule has 0 bridgehead atoms. The smallest absolute Gasteiger partial charge is 0.109 e. The first kappa shape index (κ1) is 7.77. The van der Waals surface area contributed by atoms with E-state index in [4.69, 9.17) is 5.26 Å². The third-order valence-corrected chi connectivity index (χ3v) is 1.68. The highest BCUT2D eigenvalue weighted by atomic mass is 16.3. The van der Waals surface area contributed by atoms with Crippen LogP contribution in [0.1, 0.15) is 16.7 Å². The normalized spacial score (nSPS) is 9.18. The third-order valence-electron chi connectivity index (χ3n) is 1.68. The maximum absolute atomic E-state index is 10.6. The van der Waals surface area contributed by atoms with Gasteiger partial charge in [0.25, 0.3) is 0 Å². The minimum absolute atomic E-state index is 0.310. The summed E-state index contributed by atoms with van der Waals surface area (Å²) in [5, 5.41) is 19.2. The lowest BCUT2D eigenvalue weighted by Gasteiger charge is -2.01. The van der Waals surface area contributed by atoms with E-state index in [2.05, 4.69) is 0 Å². The van der Waals surface area contributed by atoms with E-state index >= 15 is 0 Å². The van der Waals surface area contributed by atoms with Crippen molar-refractivity contribution >= 4 is 0 Å². The van der Waals surface area contributed by atoms with E-state index in [1.165, 1.54) is 0 Å². The monoisotopic (exact) mass is 146 g/mol. The lowest BCUT2D eigenvalue weighted by molar-refractivity contribution is 0.177. The summed E-state index contributed by atoms with van der Waals surface area (Å²) in [5.41, 5.74) is 2.02. The molecular weight excluding hydrogens is 138 g/mol. The zero-order chi connectivity index (χ0) is 8.27. The van der Waals surface area contributed by atoms with E-state index in [9.17, 15) is 5.11 Å². The predicted octanol–water partition coefficient (Wildman–Crippen LogP) is 1.80. The zero-order valence-corrected chi connectivity index (χ0v) is 6.29. The lowest BCUT2D eigenvalue weighted by atomic mass is 10.0. The molecular formula is C9H8NO. The number of benzene rings is 1. The fraction of sp³-hybridized carbons (Fsp3) is 0.222. The summed E-state index contributed by atoms with van der Waals surface area (Å²) >= 11 is 0. The van der Waals surface area contributed by atoms with Crippen molar-refractivity contribution in [3.63, 3.8) is 0 Å². The van der Waals surface area contributed by atoms with Crippen molar-refractivity contribution in [3.05, 3.63) is 34.9 Å². The van der Waals surface area contributed by atoms with E-state index in [0.29, 0.717) is 11.1 Å². The predicted molar refractivity (Wildman–Crippen MR) is 40.3 cm³/mol. The van der Waals surface area contributed by atoms with Crippen molar-refractivity contribution in [2.45, 2.75) is 13.5 Å². The fourth-order valence-corrected chi connectivity index (χ4v) is 0.999. The summed E-state index contributed by atoms with van der Waals surface area (Å²) < 4.78 is 0. The Kier molecular flexibility index (Phi) is 2.25. The molecule has 1 radical (unpaired) electrons. The average molecular weight is 146 g/mol. The lowest BCUT2D eigenvalue weighted by Crippen LogP contribution is -1.91. The molecule has 2 heteroatoms. The van der Waals surface area contributed by atoms with Gasteiger partial charge in [-0.2, -0.15) is 5.26 Å². The van der Waals surface area contributed by atoms with Crippen LogP contribution in [-0.4, -0.2) is 0 Å². The van der Waals surface area contributed by atoms with Crippen molar-refractivity contribution in [2.24, 2.45) is 0 Å². The van der Waals surface area contributed by atoms with Gasteiger partial charge in [0.15, 0.2) is 0 Å². The molecule has 1 rings (SSSR count). The molecule has 0 atom stereocenters. The van der Waals surface area contributed by atoms with E-state index in [-0.39, 0.29) is 6.61 Å². The van der Waals surface area contributed by atoms with Gasteiger partial charge in [0, 0.05) is 5.56 Å². The fourth-order valence-electron chi connectivity index (χ4n) is 0.999. The SMILES string of the molecule is Cc1cccc(C#N)c1C[O]. The molecule has 0 saturated heterocycles. The Bertz CT molecular complexity index is 299. The second-order valence-electron chi connectivity index (χ2n) is 2.36. The highest BCUT2D eigenvalue weighted by molar-refractivity contribution is 5.41. The molecule has 0 aliphatic heterocycles. The van der Waals surface area contributed by atoms with Crippen molar-refractivity contribution in [2.75, 3.05) is 0 Å². The molecule has 1 aromatic carbocycles. The van der Waals surface area contributed by atoms with Gasteiger partial charge in [-0.15, -0.1) is 0 Å². The number of hydrogen-bond donors (Lipinski definition) is 0. The summed E-state index contributed by atoms with van der Waals surface area (Å²) in [6.45, 7) is 1.53. The van der Waals surface area contributed by atoms with Crippen LogP contribution in [0.15, 0.2) is 18.2 Å². The van der Waals surface area contributed by atoms with E-state index < -0.39 is 0 Å². The molecule has 0 aliphatic rings. The molecule has 11 heavy (non-hydrogen) atoms. The summed E-state index contributed by atoms with van der Waals surface area (Å²) in [6.07, 6.45) is 0. The van der Waals surface area contributed by atoms with Crippen LogP contribution in [0.5, 0.6) is 0 Å². The first-order valence-corrected chi connectivity index (χ1v) is 3.36. The Balaban J connectivity index is 3.27. The second kappa shape index (κ2) is 3.18. The Morgan fingerprint density at radius 1 is 1.55 bits per heavy atom. The molecule has 0 spiro atoms. The van der Waals surface area contributed by atoms with Gasteiger partial charge in [-0.3, -0.25) is 0 Å². The van der Waals surface area contributed by atoms with Crippen LogP contribution in [-0.2, 0) is 11.7 Å². The molecule has 2 nitrogen and oxygen atoms in total. The quantitative estimate of drug-likeness (QED) is 0.595. The molecule has 1 aromatic rings. The first-order chi connectivity index (χ1) is 5.29. The van der Waals surface area contributed by atoms with Gasteiger partial charge >= 0.3 is 0 Å². The van der Waals surface area contributed by atoms with Gasteiger partial charge in [0.05, 0.1) is 11.6 Å². The number of rotatable bonds is 1. The molecule has 0 amide bonds. The van der Waals surface area contributed by atoms with Gasteiger partial charge in [-0.25, -0.2) is 5.11 Å². The number of nitriles is 1. The minimum atomic E-state index is -0.310. The van der Waals surface area contributed by atoms with Crippen LogP contribution in [0.25, 0.3) is 0 Å². The topological polar surface area (TPSA) is 43.7 Å². The number of nitrogens with zero attached hydrogens (tertiary/aromatic N) is 1. The van der Waals surface area contributed by atoms with E-state index in [1.54, 1.807) is 12.1 Å². The van der Waals surface area contributed by atoms with Crippen LogP contribution in [0, 0.1) is 18.3 Å². The standard InChI is InChI=1S/C9H8NO/c1-7-3-2-4-8(5-10)9(7)6-11/h2-4H,6H2,1H3. The Morgan fingerprint density at radius 2 is 2.27 bits per heavy atom. The summed E-state index contributed by atoms with van der Waals surface area (Å²) in [6, 6.07) is 7.28. The third kappa shape index (κ3) is 1.39.